The van der Waals surface area contributed by atoms with E-state index in [0.717, 1.165) is 0 Å². The van der Waals surface area contributed by atoms with Crippen LogP contribution < -0.4 is 0 Å². The topological polar surface area (TPSA) is 63.6 Å². The van der Waals surface area contributed by atoms with Crippen LogP contribution in [0.4, 0.5) is 0 Å². The summed E-state index contributed by atoms with van der Waals surface area (Å²) in [4.78, 5) is 22.2. The van der Waals surface area contributed by atoms with E-state index in [1.54, 1.807) is 12.1 Å². The number of aliphatic hydroxyl groups is 1. The molecule has 17 heavy (non-hydrogen) atoms. The molecule has 0 amide bonds. The summed E-state index contributed by atoms with van der Waals surface area (Å²) in [6.07, 6.45) is -1.04. The summed E-state index contributed by atoms with van der Waals surface area (Å²) in [6.45, 7) is 4.85. The first-order valence-electron chi connectivity index (χ1n) is 5.03. The summed E-state index contributed by atoms with van der Waals surface area (Å²) >= 11 is 0. The molecule has 4 heteroatoms. The van der Waals surface area contributed by atoms with Gasteiger partial charge in [-0.15, -0.1) is 0 Å². The molecule has 1 aromatic carbocycles. The van der Waals surface area contributed by atoms with Crippen LogP contribution in [0.5, 0.6) is 0 Å². The molecule has 1 N–H and O–H groups in total. The number of hydrogen-bond acceptors (Lipinski definition) is 4. The molecule has 1 aromatic rings. The SMILES string of the molecule is C=C(C(C)=O)[C@@H](O)c1ccc(C(=O)OC)cc1. The Kier molecular flexibility index (Phi) is 4.17. The Morgan fingerprint density at radius 3 is 2.24 bits per heavy atom. The van der Waals surface area contributed by atoms with Gasteiger partial charge in [-0.25, -0.2) is 4.79 Å². The van der Waals surface area contributed by atoms with Gasteiger partial charge in [-0.2, -0.15) is 0 Å². The Hall–Kier alpha value is -1.94. The maximum Gasteiger partial charge on any atom is 0.337 e. The number of rotatable bonds is 4. The molecule has 1 rings (SSSR count). The number of carbonyl (C=O) groups is 2. The molecule has 0 unspecified atom stereocenters. The van der Waals surface area contributed by atoms with Crippen molar-refractivity contribution in [3.63, 3.8) is 0 Å². The zero-order valence-corrected chi connectivity index (χ0v) is 9.77. The number of aliphatic hydroxyl groups excluding tert-OH is 1. The largest absolute Gasteiger partial charge is 0.465 e. The van der Waals surface area contributed by atoms with E-state index in [0.29, 0.717) is 11.1 Å². The molecule has 0 aliphatic carbocycles. The van der Waals surface area contributed by atoms with Gasteiger partial charge in [0.25, 0.3) is 0 Å². The van der Waals surface area contributed by atoms with Crippen molar-refractivity contribution >= 4 is 11.8 Å². The Labute approximate surface area is 99.5 Å². The molecule has 4 nitrogen and oxygen atoms in total. The van der Waals surface area contributed by atoms with E-state index in [-0.39, 0.29) is 11.4 Å². The molecule has 1 atom stereocenters. The minimum Gasteiger partial charge on any atom is -0.465 e. The van der Waals surface area contributed by atoms with Crippen molar-refractivity contribution in [1.29, 1.82) is 0 Å². The third kappa shape index (κ3) is 3.01. The minimum atomic E-state index is -1.04. The highest BCUT2D eigenvalue weighted by Crippen LogP contribution is 2.21. The minimum absolute atomic E-state index is 0.121. The van der Waals surface area contributed by atoms with Crippen molar-refractivity contribution in [2.75, 3.05) is 7.11 Å². The predicted octanol–water partition coefficient (Wildman–Crippen LogP) is 1.65. The summed E-state index contributed by atoms with van der Waals surface area (Å²) in [5, 5.41) is 9.81. The molecule has 0 aliphatic heterocycles. The number of esters is 1. The second kappa shape index (κ2) is 5.41. The van der Waals surface area contributed by atoms with Gasteiger partial charge in [0.2, 0.25) is 0 Å². The van der Waals surface area contributed by atoms with Gasteiger partial charge in [-0.05, 0) is 24.6 Å². The van der Waals surface area contributed by atoms with Crippen molar-refractivity contribution in [3.8, 4) is 0 Å². The molecule has 0 aliphatic rings. The fourth-order valence-electron chi connectivity index (χ4n) is 1.31. The second-order valence-corrected chi connectivity index (χ2v) is 3.60. The van der Waals surface area contributed by atoms with Crippen LogP contribution >= 0.6 is 0 Å². The standard InChI is InChI=1S/C13H14O4/c1-8(9(2)14)12(15)10-4-6-11(7-5-10)13(16)17-3/h4-7,12,15H,1H2,2-3H3/t12-/m1/s1. The molecule has 0 spiro atoms. The average molecular weight is 234 g/mol. The van der Waals surface area contributed by atoms with Gasteiger partial charge < -0.3 is 9.84 Å². The van der Waals surface area contributed by atoms with Crippen LogP contribution in [0.3, 0.4) is 0 Å². The molecular formula is C13H14O4. The van der Waals surface area contributed by atoms with Crippen LogP contribution in [0.1, 0.15) is 28.9 Å². The molecule has 0 bridgehead atoms. The number of methoxy groups -OCH3 is 1. The Bertz CT molecular complexity index is 445. The lowest BCUT2D eigenvalue weighted by atomic mass is 9.99. The van der Waals surface area contributed by atoms with Crippen LogP contribution in [-0.2, 0) is 9.53 Å². The Balaban J connectivity index is 2.91. The number of hydrogen-bond donors (Lipinski definition) is 1. The summed E-state index contributed by atoms with van der Waals surface area (Å²) in [7, 11) is 1.29. The maximum absolute atomic E-state index is 11.2. The third-order valence-electron chi connectivity index (χ3n) is 2.43. The van der Waals surface area contributed by atoms with E-state index in [1.807, 2.05) is 0 Å². The summed E-state index contributed by atoms with van der Waals surface area (Å²) < 4.78 is 4.55. The fourth-order valence-corrected chi connectivity index (χ4v) is 1.31. The van der Waals surface area contributed by atoms with Crippen molar-refractivity contribution in [2.45, 2.75) is 13.0 Å². The first-order chi connectivity index (χ1) is 7.97. The monoisotopic (exact) mass is 234 g/mol. The molecule has 0 radical (unpaired) electrons. The molecule has 0 fully saturated rings. The molecule has 0 heterocycles. The van der Waals surface area contributed by atoms with Crippen molar-refractivity contribution in [2.24, 2.45) is 0 Å². The van der Waals surface area contributed by atoms with E-state index in [9.17, 15) is 14.7 Å². The van der Waals surface area contributed by atoms with E-state index < -0.39 is 12.1 Å². The number of Topliss-reactive ketones (excluding diaryl/α,β-unsaturated/α-hetero) is 1. The highest BCUT2D eigenvalue weighted by molar-refractivity contribution is 5.94. The van der Waals surface area contributed by atoms with Crippen molar-refractivity contribution in [1.82, 2.24) is 0 Å². The summed E-state index contributed by atoms with van der Waals surface area (Å²) in [5.41, 5.74) is 1.02. The normalized spacial score (nSPS) is 11.7. The number of ketones is 1. The van der Waals surface area contributed by atoms with E-state index >= 15 is 0 Å². The predicted molar refractivity (Wildman–Crippen MR) is 62.6 cm³/mol. The quantitative estimate of drug-likeness (QED) is 0.635. The number of carbonyl (C=O) groups excluding carboxylic acids is 2. The second-order valence-electron chi connectivity index (χ2n) is 3.60. The average Bonchev–Trinajstić information content (AvgIpc) is 2.36. The molecule has 0 saturated carbocycles. The van der Waals surface area contributed by atoms with Gasteiger partial charge in [0.05, 0.1) is 12.7 Å². The number of ether oxygens (including phenoxy) is 1. The van der Waals surface area contributed by atoms with E-state index in [4.69, 9.17) is 0 Å². The summed E-state index contributed by atoms with van der Waals surface area (Å²) in [5.74, 6) is -0.717. The van der Waals surface area contributed by atoms with Crippen LogP contribution in [0.2, 0.25) is 0 Å². The molecular weight excluding hydrogens is 220 g/mol. The summed E-state index contributed by atoms with van der Waals surface area (Å²) in [6, 6.07) is 6.17. The van der Waals surface area contributed by atoms with E-state index in [2.05, 4.69) is 11.3 Å². The lowest BCUT2D eigenvalue weighted by Gasteiger charge is -2.11. The number of benzene rings is 1. The first-order valence-corrected chi connectivity index (χ1v) is 5.03. The highest BCUT2D eigenvalue weighted by Gasteiger charge is 2.15. The van der Waals surface area contributed by atoms with Gasteiger partial charge in [-0.3, -0.25) is 4.79 Å². The Morgan fingerprint density at radius 2 is 1.82 bits per heavy atom. The molecule has 90 valence electrons. The van der Waals surface area contributed by atoms with Gasteiger partial charge in [0.15, 0.2) is 5.78 Å². The van der Waals surface area contributed by atoms with Gasteiger partial charge in [-0.1, -0.05) is 18.7 Å². The fraction of sp³-hybridized carbons (Fsp3) is 0.231. The smallest absolute Gasteiger partial charge is 0.337 e. The lowest BCUT2D eigenvalue weighted by Crippen LogP contribution is -2.08. The zero-order valence-electron chi connectivity index (χ0n) is 9.77. The van der Waals surface area contributed by atoms with Crippen LogP contribution in [0.25, 0.3) is 0 Å². The van der Waals surface area contributed by atoms with Gasteiger partial charge in [0, 0.05) is 5.57 Å². The zero-order chi connectivity index (χ0) is 13.0. The molecule has 0 aromatic heterocycles. The van der Waals surface area contributed by atoms with Crippen molar-refractivity contribution in [3.05, 3.63) is 47.5 Å². The molecule has 0 saturated heterocycles. The lowest BCUT2D eigenvalue weighted by molar-refractivity contribution is -0.114. The first kappa shape index (κ1) is 13.1. The van der Waals surface area contributed by atoms with Crippen LogP contribution in [-0.4, -0.2) is 24.0 Å². The maximum atomic E-state index is 11.2. The van der Waals surface area contributed by atoms with Gasteiger partial charge in [0.1, 0.15) is 6.10 Å². The highest BCUT2D eigenvalue weighted by atomic mass is 16.5. The van der Waals surface area contributed by atoms with E-state index in [1.165, 1.54) is 26.2 Å². The third-order valence-corrected chi connectivity index (χ3v) is 2.43. The van der Waals surface area contributed by atoms with Crippen LogP contribution in [0, 0.1) is 0 Å². The van der Waals surface area contributed by atoms with Crippen molar-refractivity contribution < 1.29 is 19.4 Å². The Morgan fingerprint density at radius 1 is 1.29 bits per heavy atom. The van der Waals surface area contributed by atoms with Gasteiger partial charge >= 0.3 is 5.97 Å². The van der Waals surface area contributed by atoms with Crippen LogP contribution in [0.15, 0.2) is 36.4 Å².